The molecule has 0 atom stereocenters. The van der Waals surface area contributed by atoms with Crippen LogP contribution in [0.1, 0.15) is 12.5 Å². The van der Waals surface area contributed by atoms with E-state index in [4.69, 9.17) is 26.8 Å². The van der Waals surface area contributed by atoms with Gasteiger partial charge in [0.25, 0.3) is 5.91 Å². The standard InChI is InChI=1S/C14H14N2O5S/c1-2-20-11-6-8(3-4-10(11)21-7-12(17)18)5-9-13(19)16-14(22)15-9/h3-6H,2,7H2,1H3,(H,17,18)(H2,15,16,19,22)/b9-5-. The maximum atomic E-state index is 11.6. The number of carbonyl (C=O) groups is 2. The number of nitrogens with one attached hydrogen (secondary N) is 2. The van der Waals surface area contributed by atoms with Gasteiger partial charge in [-0.1, -0.05) is 6.07 Å². The molecule has 0 radical (unpaired) electrons. The number of hydrogen-bond acceptors (Lipinski definition) is 5. The van der Waals surface area contributed by atoms with Gasteiger partial charge < -0.3 is 19.9 Å². The first-order valence-corrected chi connectivity index (χ1v) is 6.86. The number of thiocarbonyl (C=S) groups is 1. The predicted molar refractivity (Wildman–Crippen MR) is 82.6 cm³/mol. The zero-order chi connectivity index (χ0) is 16.1. The first-order chi connectivity index (χ1) is 10.5. The molecule has 1 fully saturated rings. The Morgan fingerprint density at radius 1 is 1.32 bits per heavy atom. The van der Waals surface area contributed by atoms with Crippen molar-refractivity contribution in [2.24, 2.45) is 0 Å². The Kier molecular flexibility index (Phi) is 4.95. The number of carboxylic acids is 1. The van der Waals surface area contributed by atoms with E-state index in [2.05, 4.69) is 10.6 Å². The molecule has 1 amide bonds. The van der Waals surface area contributed by atoms with Crippen LogP contribution in [0.3, 0.4) is 0 Å². The summed E-state index contributed by atoms with van der Waals surface area (Å²) in [5.41, 5.74) is 1.01. The lowest BCUT2D eigenvalue weighted by molar-refractivity contribution is -0.139. The van der Waals surface area contributed by atoms with Crippen molar-refractivity contribution in [3.8, 4) is 11.5 Å². The number of carbonyl (C=O) groups excluding carboxylic acids is 1. The molecule has 3 N–H and O–H groups in total. The molecule has 22 heavy (non-hydrogen) atoms. The third kappa shape index (κ3) is 3.95. The highest BCUT2D eigenvalue weighted by atomic mass is 32.1. The minimum absolute atomic E-state index is 0.252. The molecule has 8 heteroatoms. The van der Waals surface area contributed by atoms with Crippen LogP contribution in [0.5, 0.6) is 11.5 Å². The van der Waals surface area contributed by atoms with Gasteiger partial charge in [0, 0.05) is 0 Å². The second kappa shape index (κ2) is 6.90. The van der Waals surface area contributed by atoms with Gasteiger partial charge in [0.2, 0.25) is 0 Å². The Morgan fingerprint density at radius 3 is 2.68 bits per heavy atom. The number of ether oxygens (including phenoxy) is 2. The molecular formula is C14H14N2O5S. The Morgan fingerprint density at radius 2 is 2.09 bits per heavy atom. The van der Waals surface area contributed by atoms with Crippen molar-refractivity contribution in [2.45, 2.75) is 6.92 Å². The molecule has 1 aromatic rings. The maximum Gasteiger partial charge on any atom is 0.341 e. The third-order valence-corrected chi connectivity index (χ3v) is 2.85. The van der Waals surface area contributed by atoms with E-state index >= 15 is 0 Å². The molecule has 1 heterocycles. The van der Waals surface area contributed by atoms with E-state index in [-0.39, 0.29) is 11.0 Å². The summed E-state index contributed by atoms with van der Waals surface area (Å²) in [6.45, 7) is 1.74. The van der Waals surface area contributed by atoms with Crippen molar-refractivity contribution >= 4 is 35.3 Å². The van der Waals surface area contributed by atoms with Crippen LogP contribution in [-0.4, -0.2) is 35.3 Å². The van der Waals surface area contributed by atoms with Crippen LogP contribution < -0.4 is 20.1 Å². The van der Waals surface area contributed by atoms with Crippen LogP contribution in [0.25, 0.3) is 6.08 Å². The summed E-state index contributed by atoms with van der Waals surface area (Å²) in [6.07, 6.45) is 1.61. The van der Waals surface area contributed by atoms with Gasteiger partial charge in [-0.15, -0.1) is 0 Å². The molecule has 0 aliphatic carbocycles. The molecule has 1 aliphatic heterocycles. The van der Waals surface area contributed by atoms with E-state index < -0.39 is 12.6 Å². The van der Waals surface area contributed by atoms with Gasteiger partial charge >= 0.3 is 5.97 Å². The van der Waals surface area contributed by atoms with Crippen molar-refractivity contribution in [3.63, 3.8) is 0 Å². The molecule has 0 spiro atoms. The summed E-state index contributed by atoms with van der Waals surface area (Å²) < 4.78 is 10.6. The SMILES string of the molecule is CCOc1cc(/C=C2\NC(=S)NC2=O)ccc1OCC(=O)O. The first-order valence-electron chi connectivity index (χ1n) is 6.45. The fraction of sp³-hybridized carbons (Fsp3) is 0.214. The second-order valence-corrected chi connectivity index (χ2v) is 4.70. The van der Waals surface area contributed by atoms with Gasteiger partial charge in [-0.05, 0) is 42.9 Å². The predicted octanol–water partition coefficient (Wildman–Crippen LogP) is 0.894. The van der Waals surface area contributed by atoms with Crippen molar-refractivity contribution in [1.29, 1.82) is 0 Å². The van der Waals surface area contributed by atoms with Crippen molar-refractivity contribution in [3.05, 3.63) is 29.5 Å². The molecule has 2 rings (SSSR count). The minimum atomic E-state index is -1.08. The van der Waals surface area contributed by atoms with E-state index in [9.17, 15) is 9.59 Å². The molecular weight excluding hydrogens is 308 g/mol. The summed E-state index contributed by atoms with van der Waals surface area (Å²) in [6, 6.07) is 4.93. The summed E-state index contributed by atoms with van der Waals surface area (Å²) in [5.74, 6) is -0.659. The van der Waals surface area contributed by atoms with Crippen molar-refractivity contribution in [1.82, 2.24) is 10.6 Å². The molecule has 0 aromatic heterocycles. The molecule has 0 saturated carbocycles. The number of aliphatic carboxylic acids is 1. The normalized spacial score (nSPS) is 15.4. The molecule has 7 nitrogen and oxygen atoms in total. The largest absolute Gasteiger partial charge is 0.490 e. The smallest absolute Gasteiger partial charge is 0.341 e. The second-order valence-electron chi connectivity index (χ2n) is 4.29. The minimum Gasteiger partial charge on any atom is -0.490 e. The lowest BCUT2D eigenvalue weighted by Crippen LogP contribution is -2.21. The summed E-state index contributed by atoms with van der Waals surface area (Å²) in [5, 5.41) is 14.1. The van der Waals surface area contributed by atoms with Gasteiger partial charge in [0.05, 0.1) is 6.61 Å². The topological polar surface area (TPSA) is 96.9 Å². The fourth-order valence-electron chi connectivity index (χ4n) is 1.79. The average Bonchev–Trinajstić information content (AvgIpc) is 2.76. The molecule has 116 valence electrons. The number of rotatable bonds is 6. The van der Waals surface area contributed by atoms with Crippen molar-refractivity contribution < 1.29 is 24.2 Å². The summed E-state index contributed by atoms with van der Waals surface area (Å²) in [7, 11) is 0. The lowest BCUT2D eigenvalue weighted by Gasteiger charge is -2.11. The number of benzene rings is 1. The fourth-order valence-corrected chi connectivity index (χ4v) is 1.99. The maximum absolute atomic E-state index is 11.6. The zero-order valence-corrected chi connectivity index (χ0v) is 12.5. The summed E-state index contributed by atoms with van der Waals surface area (Å²) in [4.78, 5) is 22.2. The van der Waals surface area contributed by atoms with E-state index in [1.807, 2.05) is 0 Å². The highest BCUT2D eigenvalue weighted by Crippen LogP contribution is 2.29. The van der Waals surface area contributed by atoms with Crippen LogP contribution in [0.15, 0.2) is 23.9 Å². The van der Waals surface area contributed by atoms with Crippen molar-refractivity contribution in [2.75, 3.05) is 13.2 Å². The summed E-state index contributed by atoms with van der Waals surface area (Å²) >= 11 is 4.85. The van der Waals surface area contributed by atoms with E-state index in [0.717, 1.165) is 0 Å². The molecule has 0 bridgehead atoms. The Bertz CT molecular complexity index is 657. The van der Waals surface area contributed by atoms with Gasteiger partial charge in [-0.3, -0.25) is 10.1 Å². The van der Waals surface area contributed by atoms with Gasteiger partial charge in [0.15, 0.2) is 23.2 Å². The van der Waals surface area contributed by atoms with Gasteiger partial charge in [-0.25, -0.2) is 4.79 Å². The van der Waals surface area contributed by atoms with Crippen LogP contribution >= 0.6 is 12.2 Å². The lowest BCUT2D eigenvalue weighted by atomic mass is 10.1. The van der Waals surface area contributed by atoms with E-state index in [1.54, 1.807) is 31.2 Å². The monoisotopic (exact) mass is 322 g/mol. The Balaban J connectivity index is 2.25. The first kappa shape index (κ1) is 15.8. The number of amides is 1. The zero-order valence-electron chi connectivity index (χ0n) is 11.7. The Labute approximate surface area is 131 Å². The van der Waals surface area contributed by atoms with Crippen LogP contribution in [0.4, 0.5) is 0 Å². The highest BCUT2D eigenvalue weighted by Gasteiger charge is 2.20. The van der Waals surface area contributed by atoms with Crippen LogP contribution in [0.2, 0.25) is 0 Å². The highest BCUT2D eigenvalue weighted by molar-refractivity contribution is 7.80. The van der Waals surface area contributed by atoms with Gasteiger partial charge in [0.1, 0.15) is 5.70 Å². The van der Waals surface area contributed by atoms with Crippen LogP contribution in [-0.2, 0) is 9.59 Å². The Hall–Kier alpha value is -2.61. The quantitative estimate of drug-likeness (QED) is 0.529. The average molecular weight is 322 g/mol. The molecule has 0 unspecified atom stereocenters. The number of hydrogen-bond donors (Lipinski definition) is 3. The molecule has 1 aliphatic rings. The van der Waals surface area contributed by atoms with Gasteiger partial charge in [-0.2, -0.15) is 0 Å². The molecule has 1 saturated heterocycles. The third-order valence-electron chi connectivity index (χ3n) is 2.65. The molecule has 1 aromatic carbocycles. The van der Waals surface area contributed by atoms with E-state index in [1.165, 1.54) is 0 Å². The van der Waals surface area contributed by atoms with Crippen LogP contribution in [0, 0.1) is 0 Å². The number of carboxylic acid groups (broad SMARTS) is 1. The van der Waals surface area contributed by atoms with E-state index in [0.29, 0.717) is 29.4 Å².